The van der Waals surface area contributed by atoms with E-state index >= 15 is 0 Å². The molecule has 0 aliphatic carbocycles. The molecule has 2 aliphatic rings. The van der Waals surface area contributed by atoms with E-state index in [1.165, 1.54) is 24.3 Å². The lowest BCUT2D eigenvalue weighted by Gasteiger charge is -2.27. The molecule has 2 aliphatic heterocycles. The lowest BCUT2D eigenvalue weighted by atomic mass is 9.79. The average Bonchev–Trinajstić information content (AvgIpc) is 3.50. The van der Waals surface area contributed by atoms with Crippen LogP contribution in [-0.4, -0.2) is 92.1 Å². The summed E-state index contributed by atoms with van der Waals surface area (Å²) in [5, 5.41) is 10.6. The van der Waals surface area contributed by atoms with E-state index in [1.807, 2.05) is 55.4 Å². The van der Waals surface area contributed by atoms with Crippen LogP contribution >= 0.6 is 0 Å². The van der Waals surface area contributed by atoms with Gasteiger partial charge in [0, 0.05) is 59.3 Å². The molecule has 0 spiro atoms. The van der Waals surface area contributed by atoms with Crippen molar-refractivity contribution in [2.45, 2.75) is 85.3 Å². The molecule has 0 radical (unpaired) electrons. The Kier molecular flexibility index (Phi) is 12.6. The summed E-state index contributed by atoms with van der Waals surface area (Å²) in [5.74, 6) is -1.42. The number of fused-ring (bicyclic) bond motifs is 6. The molecule has 2 heterocycles. The zero-order valence-corrected chi connectivity index (χ0v) is 37.4. The number of unbranched alkanes of at least 4 members (excludes halogenated alkanes) is 2. The molecule has 0 saturated carbocycles. The van der Waals surface area contributed by atoms with E-state index in [0.29, 0.717) is 65.3 Å². The second kappa shape index (κ2) is 16.7. The Hall–Kier alpha value is -4.80. The maximum atomic E-state index is 12.5. The largest absolute Gasteiger partial charge is 0.481 e. The number of hydrogen-bond donors (Lipinski definition) is 5. The Labute approximate surface area is 360 Å². The van der Waals surface area contributed by atoms with Gasteiger partial charge < -0.3 is 10.0 Å². The first-order chi connectivity index (χ1) is 28.6. The number of rotatable bonds is 16. The Bertz CT molecular complexity index is 3110. The summed E-state index contributed by atoms with van der Waals surface area (Å²) in [6.07, 6.45) is 10.5. The van der Waals surface area contributed by atoms with Crippen LogP contribution in [0.1, 0.15) is 70.9 Å². The Morgan fingerprint density at radius 1 is 0.677 bits per heavy atom. The van der Waals surface area contributed by atoms with E-state index in [4.69, 9.17) is 5.11 Å². The molecule has 62 heavy (non-hydrogen) atoms. The molecule has 0 aromatic heterocycles. The van der Waals surface area contributed by atoms with E-state index in [0.717, 1.165) is 11.3 Å². The van der Waals surface area contributed by atoms with Crippen LogP contribution in [-0.2, 0) is 56.1 Å². The van der Waals surface area contributed by atoms with Crippen LogP contribution in [0.2, 0.25) is 0 Å². The van der Waals surface area contributed by atoms with E-state index in [1.54, 1.807) is 36.4 Å². The van der Waals surface area contributed by atoms with Crippen LogP contribution in [0.5, 0.6) is 0 Å². The van der Waals surface area contributed by atoms with Crippen molar-refractivity contribution in [2.24, 2.45) is 0 Å². The van der Waals surface area contributed by atoms with Gasteiger partial charge >= 0.3 is 5.97 Å². The van der Waals surface area contributed by atoms with E-state index in [-0.39, 0.29) is 35.1 Å². The Morgan fingerprint density at radius 2 is 1.34 bits per heavy atom. The predicted octanol–water partition coefficient (Wildman–Crippen LogP) is 6.83. The monoisotopic (exact) mass is 931 g/mol. The highest BCUT2D eigenvalue weighted by atomic mass is 32.2. The maximum absolute atomic E-state index is 12.5. The summed E-state index contributed by atoms with van der Waals surface area (Å²) in [7, 11) is -18.7. The summed E-state index contributed by atoms with van der Waals surface area (Å²) in [4.78, 5) is 11.4. The normalized spacial score (nSPS) is 17.3. The van der Waals surface area contributed by atoms with Crippen LogP contribution in [0.15, 0.2) is 105 Å². The SMILES string of the molecule is CC1(C)C(=CC=CC=CC2=[N+](CCCCCC(=O)O)c3ccc4c(S(=O)(=O)O)cc(S(=O)(=O)O)cc4c3C2(C)C)N(CCCS(=O)(=O)O)c2ccc3ccc(S(=O)(=O)O)cc3c21. The highest BCUT2D eigenvalue weighted by Crippen LogP contribution is 2.51. The van der Waals surface area contributed by atoms with E-state index in [2.05, 4.69) is 0 Å². The van der Waals surface area contributed by atoms with Crippen molar-refractivity contribution in [3.05, 3.63) is 102 Å². The van der Waals surface area contributed by atoms with Gasteiger partial charge in [-0.2, -0.15) is 38.2 Å². The average molecular weight is 932 g/mol. The van der Waals surface area contributed by atoms with Crippen molar-refractivity contribution < 1.29 is 66.4 Å². The molecule has 0 unspecified atom stereocenters. The molecule has 0 atom stereocenters. The second-order valence-corrected chi connectivity index (χ2v) is 22.1. The molecule has 0 fully saturated rings. The Morgan fingerprint density at radius 3 is 1.97 bits per heavy atom. The zero-order chi connectivity index (χ0) is 45.8. The molecule has 4 aromatic carbocycles. The quantitative estimate of drug-likeness (QED) is 0.0334. The first-order valence-corrected chi connectivity index (χ1v) is 25.3. The number of allylic oxidation sites excluding steroid dienone is 6. The third-order valence-electron chi connectivity index (χ3n) is 11.4. The minimum absolute atomic E-state index is 0.0119. The van der Waals surface area contributed by atoms with Gasteiger partial charge in [-0.3, -0.25) is 23.0 Å². The summed E-state index contributed by atoms with van der Waals surface area (Å²) >= 11 is 0. The predicted molar refractivity (Wildman–Crippen MR) is 234 cm³/mol. The third-order valence-corrected chi connectivity index (χ3v) is 14.8. The number of nitrogens with zero attached hydrogens (tertiary/aromatic N) is 2. The van der Waals surface area contributed by atoms with Crippen molar-refractivity contribution in [1.29, 1.82) is 0 Å². The van der Waals surface area contributed by atoms with E-state index in [9.17, 15) is 56.7 Å². The van der Waals surface area contributed by atoms with Crippen molar-refractivity contribution in [1.82, 2.24) is 0 Å². The topological polar surface area (TPSA) is 261 Å². The fourth-order valence-electron chi connectivity index (χ4n) is 8.69. The van der Waals surface area contributed by atoms with Gasteiger partial charge in [0.05, 0.1) is 21.0 Å². The van der Waals surface area contributed by atoms with Gasteiger partial charge in [0.15, 0.2) is 5.71 Å². The maximum Gasteiger partial charge on any atom is 0.303 e. The smallest absolute Gasteiger partial charge is 0.303 e. The molecule has 332 valence electrons. The van der Waals surface area contributed by atoms with Crippen LogP contribution < -0.4 is 4.90 Å². The van der Waals surface area contributed by atoms with Crippen molar-refractivity contribution in [2.75, 3.05) is 23.7 Å². The van der Waals surface area contributed by atoms with Gasteiger partial charge in [-0.1, -0.05) is 44.2 Å². The molecule has 4 aromatic rings. The number of benzene rings is 4. The summed E-state index contributed by atoms with van der Waals surface area (Å²) < 4.78 is 139. The van der Waals surface area contributed by atoms with Gasteiger partial charge in [-0.05, 0) is 97.3 Å². The van der Waals surface area contributed by atoms with Crippen LogP contribution in [0.3, 0.4) is 0 Å². The molecule has 0 saturated heterocycles. The van der Waals surface area contributed by atoms with E-state index < -0.39 is 72.8 Å². The van der Waals surface area contributed by atoms with Gasteiger partial charge in [-0.25, -0.2) is 0 Å². The minimum Gasteiger partial charge on any atom is -0.481 e. The first kappa shape index (κ1) is 46.7. The highest BCUT2D eigenvalue weighted by molar-refractivity contribution is 7.87. The molecule has 6 rings (SSSR count). The van der Waals surface area contributed by atoms with Gasteiger partial charge in [0.1, 0.15) is 11.4 Å². The van der Waals surface area contributed by atoms with Crippen LogP contribution in [0.25, 0.3) is 21.5 Å². The molecular weight excluding hydrogens is 885 g/mol. The number of carboxylic acid groups (broad SMARTS) is 1. The van der Waals surface area contributed by atoms with Gasteiger partial charge in [0.2, 0.25) is 5.69 Å². The Balaban J connectivity index is 1.44. The molecular formula is C42H47N2O14S4+. The lowest BCUT2D eigenvalue weighted by Crippen LogP contribution is -2.28. The molecule has 0 amide bonds. The minimum atomic E-state index is -4.96. The number of anilines is 1. The van der Waals surface area contributed by atoms with Crippen LogP contribution in [0, 0.1) is 0 Å². The number of aliphatic carboxylic acids is 1. The van der Waals surface area contributed by atoms with Crippen molar-refractivity contribution >= 4 is 85.1 Å². The van der Waals surface area contributed by atoms with Gasteiger partial charge in [0.25, 0.3) is 40.5 Å². The second-order valence-electron chi connectivity index (χ2n) is 16.3. The summed E-state index contributed by atoms with van der Waals surface area (Å²) in [5.41, 5.74) is 2.26. The zero-order valence-electron chi connectivity index (χ0n) is 34.2. The van der Waals surface area contributed by atoms with Gasteiger partial charge in [-0.15, -0.1) is 0 Å². The third kappa shape index (κ3) is 9.42. The highest BCUT2D eigenvalue weighted by Gasteiger charge is 2.46. The standard InChI is InChI=1S/C42H46N2O14S4/c1-41(2)36(44(22-11-23-59(47,48)49)33-19-16-27-15-17-28(60(50,51)52)24-31(27)39(33)41)12-7-5-8-13-37-42(3,4)40-32-25-29(61(53,54)55)26-35(62(56,57)58)30(32)18-20-34(40)43(37)21-10-6-9-14-38(45)46/h5,7-8,12-13,15-20,24-26H,6,9-11,14,21-23H2,1-4H3,(H4-,45,46,47,48,49,50,51,52,53,54,55,56,57,58)/p+1. The lowest BCUT2D eigenvalue weighted by molar-refractivity contribution is -0.438. The number of hydrogen-bond acceptors (Lipinski definition) is 10. The first-order valence-electron chi connectivity index (χ1n) is 19.4. The molecule has 16 nitrogen and oxygen atoms in total. The summed E-state index contributed by atoms with van der Waals surface area (Å²) in [6.45, 7) is 8.14. The fourth-order valence-corrected chi connectivity index (χ4v) is 11.0. The number of carbonyl (C=O) groups is 1. The molecule has 0 bridgehead atoms. The van der Waals surface area contributed by atoms with Crippen molar-refractivity contribution in [3.8, 4) is 0 Å². The van der Waals surface area contributed by atoms with Crippen molar-refractivity contribution in [3.63, 3.8) is 0 Å². The van der Waals surface area contributed by atoms with Crippen LogP contribution in [0.4, 0.5) is 11.4 Å². The molecule has 20 heteroatoms. The molecule has 5 N–H and O–H groups in total. The fraction of sp³-hybridized carbons (Fsp3) is 0.333. The number of carboxylic acids is 1. The summed E-state index contributed by atoms with van der Waals surface area (Å²) in [6, 6.07) is 12.9.